The second-order valence-electron chi connectivity index (χ2n) is 7.44. The molecule has 2 bridgehead atoms. The van der Waals surface area contributed by atoms with Gasteiger partial charge in [-0.25, -0.2) is 0 Å². The van der Waals surface area contributed by atoms with Crippen molar-refractivity contribution in [2.75, 3.05) is 19.0 Å². The number of carbonyl (C=O) groups excluding carboxylic acids is 2. The number of anilines is 1. The molecule has 8 nitrogen and oxygen atoms in total. The van der Waals surface area contributed by atoms with Crippen molar-refractivity contribution in [3.05, 3.63) is 27.8 Å². The highest BCUT2D eigenvalue weighted by Crippen LogP contribution is 2.49. The van der Waals surface area contributed by atoms with Crippen molar-refractivity contribution in [3.63, 3.8) is 0 Å². The maximum atomic E-state index is 12.1. The van der Waals surface area contributed by atoms with Crippen LogP contribution in [0, 0.1) is 34.8 Å². The molecule has 3 atom stereocenters. The highest BCUT2D eigenvalue weighted by Gasteiger charge is 2.40. The summed E-state index contributed by atoms with van der Waals surface area (Å²) >= 11 is 0. The van der Waals surface area contributed by atoms with Crippen molar-refractivity contribution < 1.29 is 24.0 Å². The Labute approximate surface area is 157 Å². The van der Waals surface area contributed by atoms with E-state index in [4.69, 9.17) is 9.47 Å². The summed E-state index contributed by atoms with van der Waals surface area (Å²) in [6, 6.07) is 2.72. The van der Waals surface area contributed by atoms with Crippen molar-refractivity contribution in [2.45, 2.75) is 39.0 Å². The molecule has 8 heteroatoms. The first-order valence-corrected chi connectivity index (χ1v) is 9.16. The average molecular weight is 376 g/mol. The molecule has 2 aliphatic rings. The lowest BCUT2D eigenvalue weighted by molar-refractivity contribution is -0.385. The third-order valence-electron chi connectivity index (χ3n) is 5.67. The van der Waals surface area contributed by atoms with E-state index in [1.165, 1.54) is 38.5 Å². The highest BCUT2D eigenvalue weighted by molar-refractivity contribution is 5.94. The van der Waals surface area contributed by atoms with E-state index in [0.29, 0.717) is 29.5 Å². The van der Waals surface area contributed by atoms with Gasteiger partial charge in [-0.1, -0.05) is 6.42 Å². The largest absolute Gasteiger partial charge is 0.490 e. The molecule has 3 rings (SSSR count). The number of ether oxygens (including phenoxy) is 2. The smallest absolute Gasteiger partial charge is 0.311 e. The summed E-state index contributed by atoms with van der Waals surface area (Å²) in [5, 5.41) is 13.6. The number of nitro benzene ring substituents is 1. The number of hydrogen-bond acceptors (Lipinski definition) is 6. The molecule has 0 spiro atoms. The molecular weight excluding hydrogens is 352 g/mol. The standard InChI is InChI=1S/C19H24N2O6/c1-11-5-16(21(24)25)17(26-2)9-15(11)20-18(22)10-27-19(23)8-14-7-12-3-4-13(14)6-12/h5,9,12-14H,3-4,6-8,10H2,1-2H3,(H,20,22). The SMILES string of the molecule is COc1cc(NC(=O)COC(=O)CC2CC3CCC2C3)c(C)cc1[N+](=O)[O-]. The lowest BCUT2D eigenvalue weighted by atomic mass is 9.86. The first kappa shape index (κ1) is 19.1. The van der Waals surface area contributed by atoms with Crippen LogP contribution in [0.5, 0.6) is 5.75 Å². The molecule has 1 N–H and O–H groups in total. The Hall–Kier alpha value is -2.64. The van der Waals surface area contributed by atoms with Crippen LogP contribution >= 0.6 is 0 Å². The van der Waals surface area contributed by atoms with Crippen LogP contribution in [-0.4, -0.2) is 30.5 Å². The summed E-state index contributed by atoms with van der Waals surface area (Å²) in [7, 11) is 1.32. The number of hydrogen-bond donors (Lipinski definition) is 1. The molecule has 1 aromatic rings. The fourth-order valence-electron chi connectivity index (χ4n) is 4.35. The predicted octanol–water partition coefficient (Wildman–Crippen LogP) is 3.22. The molecule has 2 fully saturated rings. The summed E-state index contributed by atoms with van der Waals surface area (Å²) in [6.07, 6.45) is 5.16. The summed E-state index contributed by atoms with van der Waals surface area (Å²) in [4.78, 5) is 34.6. The average Bonchev–Trinajstić information content (AvgIpc) is 3.24. The molecule has 0 heterocycles. The minimum Gasteiger partial charge on any atom is -0.490 e. The van der Waals surface area contributed by atoms with E-state index in [1.807, 2.05) is 0 Å². The van der Waals surface area contributed by atoms with Gasteiger partial charge >= 0.3 is 11.7 Å². The fraction of sp³-hybridized carbons (Fsp3) is 0.579. The monoisotopic (exact) mass is 376 g/mol. The first-order valence-electron chi connectivity index (χ1n) is 9.16. The zero-order chi connectivity index (χ0) is 19.6. The van der Waals surface area contributed by atoms with Crippen molar-refractivity contribution in [1.82, 2.24) is 0 Å². The number of esters is 1. The summed E-state index contributed by atoms with van der Waals surface area (Å²) in [6.45, 7) is 1.27. The molecular formula is C19H24N2O6. The van der Waals surface area contributed by atoms with Gasteiger partial charge in [0.1, 0.15) is 0 Å². The van der Waals surface area contributed by atoms with Gasteiger partial charge in [-0.05, 0) is 49.5 Å². The van der Waals surface area contributed by atoms with E-state index in [0.717, 1.165) is 12.3 Å². The zero-order valence-electron chi connectivity index (χ0n) is 15.5. The Morgan fingerprint density at radius 3 is 2.67 bits per heavy atom. The lowest BCUT2D eigenvalue weighted by Gasteiger charge is -2.20. The second-order valence-corrected chi connectivity index (χ2v) is 7.44. The zero-order valence-corrected chi connectivity index (χ0v) is 15.5. The van der Waals surface area contributed by atoms with E-state index in [9.17, 15) is 19.7 Å². The van der Waals surface area contributed by atoms with E-state index in [2.05, 4.69) is 5.32 Å². The number of benzene rings is 1. The van der Waals surface area contributed by atoms with Crippen molar-refractivity contribution in [2.24, 2.45) is 17.8 Å². The van der Waals surface area contributed by atoms with E-state index >= 15 is 0 Å². The summed E-state index contributed by atoms with van der Waals surface area (Å²) < 4.78 is 10.1. The molecule has 0 radical (unpaired) electrons. The Bertz CT molecular complexity index is 763. The van der Waals surface area contributed by atoms with Crippen molar-refractivity contribution in [3.8, 4) is 5.75 Å². The maximum Gasteiger partial charge on any atom is 0.311 e. The molecule has 27 heavy (non-hydrogen) atoms. The quantitative estimate of drug-likeness (QED) is 0.445. The number of methoxy groups -OCH3 is 1. The van der Waals surface area contributed by atoms with Gasteiger partial charge in [0, 0.05) is 24.2 Å². The number of rotatable bonds is 7. The van der Waals surface area contributed by atoms with Crippen LogP contribution in [-0.2, 0) is 14.3 Å². The minimum atomic E-state index is -0.547. The minimum absolute atomic E-state index is 0.0502. The van der Waals surface area contributed by atoms with Gasteiger partial charge in [0.05, 0.1) is 12.0 Å². The number of nitrogens with one attached hydrogen (secondary N) is 1. The fourth-order valence-corrected chi connectivity index (χ4v) is 4.35. The maximum absolute atomic E-state index is 12.1. The first-order chi connectivity index (χ1) is 12.9. The van der Waals surface area contributed by atoms with Crippen LogP contribution in [0.4, 0.5) is 11.4 Å². The van der Waals surface area contributed by atoms with E-state index in [1.54, 1.807) is 6.92 Å². The number of nitro groups is 1. The number of carbonyl (C=O) groups is 2. The molecule has 3 unspecified atom stereocenters. The van der Waals surface area contributed by atoms with Gasteiger partial charge in [0.2, 0.25) is 0 Å². The molecule has 0 aromatic heterocycles. The van der Waals surface area contributed by atoms with Gasteiger partial charge in [-0.3, -0.25) is 19.7 Å². The van der Waals surface area contributed by atoms with E-state index in [-0.39, 0.29) is 24.0 Å². The molecule has 2 aliphatic carbocycles. The molecule has 2 saturated carbocycles. The molecule has 146 valence electrons. The van der Waals surface area contributed by atoms with Gasteiger partial charge in [0.25, 0.3) is 5.91 Å². The van der Waals surface area contributed by atoms with Crippen LogP contribution in [0.3, 0.4) is 0 Å². The van der Waals surface area contributed by atoms with E-state index < -0.39 is 10.8 Å². The number of nitrogens with zero attached hydrogens (tertiary/aromatic N) is 1. The molecule has 1 amide bonds. The van der Waals surface area contributed by atoms with Crippen LogP contribution in [0.2, 0.25) is 0 Å². The van der Waals surface area contributed by atoms with Gasteiger partial charge in [-0.2, -0.15) is 0 Å². The topological polar surface area (TPSA) is 108 Å². The van der Waals surface area contributed by atoms with Crippen LogP contribution in [0.1, 0.15) is 37.7 Å². The normalized spacial score (nSPS) is 23.1. The third-order valence-corrected chi connectivity index (χ3v) is 5.67. The highest BCUT2D eigenvalue weighted by atomic mass is 16.6. The van der Waals surface area contributed by atoms with Crippen molar-refractivity contribution >= 4 is 23.3 Å². The van der Waals surface area contributed by atoms with Gasteiger partial charge < -0.3 is 14.8 Å². The van der Waals surface area contributed by atoms with Crippen LogP contribution in [0.25, 0.3) is 0 Å². The summed E-state index contributed by atoms with van der Waals surface area (Å²) in [5.74, 6) is 0.994. The predicted molar refractivity (Wildman–Crippen MR) is 97.5 cm³/mol. The van der Waals surface area contributed by atoms with Gasteiger partial charge in [0.15, 0.2) is 12.4 Å². The second kappa shape index (κ2) is 7.94. The van der Waals surface area contributed by atoms with Crippen LogP contribution < -0.4 is 10.1 Å². The number of amides is 1. The number of aryl methyl sites for hydroxylation is 1. The Balaban J connectivity index is 1.51. The summed E-state index contributed by atoms with van der Waals surface area (Å²) in [5.41, 5.74) is 0.723. The molecule has 0 saturated heterocycles. The van der Waals surface area contributed by atoms with Crippen molar-refractivity contribution in [1.29, 1.82) is 0 Å². The van der Waals surface area contributed by atoms with Gasteiger partial charge in [-0.15, -0.1) is 0 Å². The molecule has 1 aromatic carbocycles. The van der Waals surface area contributed by atoms with Crippen LogP contribution in [0.15, 0.2) is 12.1 Å². The number of fused-ring (bicyclic) bond motifs is 2. The Morgan fingerprint density at radius 1 is 1.30 bits per heavy atom. The Morgan fingerprint density at radius 2 is 2.07 bits per heavy atom. The lowest BCUT2D eigenvalue weighted by Crippen LogP contribution is -2.23. The Kier molecular flexibility index (Phi) is 5.62. The third kappa shape index (κ3) is 4.37. The molecule has 0 aliphatic heterocycles.